The predicted octanol–water partition coefficient (Wildman–Crippen LogP) is 1.73. The summed E-state index contributed by atoms with van der Waals surface area (Å²) in [6.07, 6.45) is 1.26. The third-order valence-electron chi connectivity index (χ3n) is 2.59. The average molecular weight is 197 g/mol. The summed E-state index contributed by atoms with van der Waals surface area (Å²) in [5, 5.41) is 11.8. The zero-order chi connectivity index (χ0) is 11.2. The van der Waals surface area contributed by atoms with Gasteiger partial charge in [0.1, 0.15) is 5.54 Å². The van der Waals surface area contributed by atoms with Crippen molar-refractivity contribution in [1.29, 1.82) is 5.26 Å². The molecule has 0 unspecified atom stereocenters. The highest BCUT2D eigenvalue weighted by Gasteiger charge is 2.28. The van der Waals surface area contributed by atoms with Crippen molar-refractivity contribution in [2.75, 3.05) is 13.6 Å². The van der Waals surface area contributed by atoms with Gasteiger partial charge in [-0.1, -0.05) is 13.8 Å². The molecule has 14 heavy (non-hydrogen) atoms. The van der Waals surface area contributed by atoms with Crippen LogP contribution in [0.1, 0.15) is 33.6 Å². The van der Waals surface area contributed by atoms with Crippen LogP contribution in [-0.2, 0) is 0 Å². The van der Waals surface area contributed by atoms with Crippen molar-refractivity contribution in [1.82, 2.24) is 10.2 Å². The summed E-state index contributed by atoms with van der Waals surface area (Å²) in [5.74, 6) is 0. The molecule has 0 aromatic carbocycles. The van der Waals surface area contributed by atoms with Crippen LogP contribution in [0.5, 0.6) is 0 Å². The van der Waals surface area contributed by atoms with E-state index < -0.39 is 5.54 Å². The Labute approximate surface area is 85.9 Å². The van der Waals surface area contributed by atoms with Gasteiger partial charge in [-0.15, -0.1) is 0 Å². The molecule has 0 aromatic heterocycles. The zero-order valence-corrected chi connectivity index (χ0v) is 9.42. The minimum absolute atomic E-state index is 0.183. The highest BCUT2D eigenvalue weighted by Crippen LogP contribution is 2.13. The molecule has 0 bridgehead atoms. The van der Waals surface area contributed by atoms with Gasteiger partial charge in [0.2, 0.25) is 0 Å². The fraction of sp³-hybridized carbons (Fsp3) is 0.800. The van der Waals surface area contributed by atoms with E-state index in [1.54, 1.807) is 11.9 Å². The Balaban J connectivity index is 4.47. The molecule has 0 radical (unpaired) electrons. The molecule has 0 rings (SSSR count). The van der Waals surface area contributed by atoms with Crippen LogP contribution in [0.15, 0.2) is 0 Å². The van der Waals surface area contributed by atoms with Crippen molar-refractivity contribution in [2.24, 2.45) is 0 Å². The lowest BCUT2D eigenvalue weighted by molar-refractivity contribution is 0.200. The van der Waals surface area contributed by atoms with Gasteiger partial charge >= 0.3 is 6.03 Å². The van der Waals surface area contributed by atoms with Gasteiger partial charge < -0.3 is 10.2 Å². The van der Waals surface area contributed by atoms with Crippen LogP contribution >= 0.6 is 0 Å². The Kier molecular flexibility index (Phi) is 5.00. The Morgan fingerprint density at radius 3 is 2.21 bits per heavy atom. The monoisotopic (exact) mass is 197 g/mol. The number of nitrogens with zero attached hydrogens (tertiary/aromatic N) is 2. The maximum absolute atomic E-state index is 11.5. The van der Waals surface area contributed by atoms with Crippen molar-refractivity contribution < 1.29 is 4.79 Å². The van der Waals surface area contributed by atoms with Crippen LogP contribution in [0.3, 0.4) is 0 Å². The second kappa shape index (κ2) is 5.48. The lowest BCUT2D eigenvalue weighted by Gasteiger charge is -2.27. The van der Waals surface area contributed by atoms with Crippen LogP contribution in [0, 0.1) is 11.3 Å². The number of amides is 2. The summed E-state index contributed by atoms with van der Waals surface area (Å²) in [6, 6.07) is 1.98. The first kappa shape index (κ1) is 12.8. The summed E-state index contributed by atoms with van der Waals surface area (Å²) in [4.78, 5) is 13.1. The summed E-state index contributed by atoms with van der Waals surface area (Å²) in [5.41, 5.74) is -0.708. The van der Waals surface area contributed by atoms with Crippen LogP contribution in [0.25, 0.3) is 0 Å². The first-order valence-corrected chi connectivity index (χ1v) is 4.99. The fourth-order valence-corrected chi connectivity index (χ4v) is 1.06. The minimum Gasteiger partial charge on any atom is -0.328 e. The lowest BCUT2D eigenvalue weighted by atomic mass is 9.95. The van der Waals surface area contributed by atoms with E-state index in [1.165, 1.54) is 0 Å². The first-order valence-electron chi connectivity index (χ1n) is 4.99. The highest BCUT2D eigenvalue weighted by atomic mass is 16.2. The molecule has 4 nitrogen and oxygen atoms in total. The van der Waals surface area contributed by atoms with Gasteiger partial charge in [0.05, 0.1) is 6.07 Å². The van der Waals surface area contributed by atoms with Gasteiger partial charge in [-0.2, -0.15) is 5.26 Å². The summed E-state index contributed by atoms with van der Waals surface area (Å²) in [7, 11) is 1.71. The first-order chi connectivity index (χ1) is 6.55. The van der Waals surface area contributed by atoms with Crippen molar-refractivity contribution in [3.8, 4) is 6.07 Å². The molecule has 0 saturated carbocycles. The van der Waals surface area contributed by atoms with Gasteiger partial charge in [0.25, 0.3) is 0 Å². The van der Waals surface area contributed by atoms with E-state index in [4.69, 9.17) is 5.26 Å². The van der Waals surface area contributed by atoms with Crippen LogP contribution < -0.4 is 5.32 Å². The third kappa shape index (κ3) is 2.91. The molecule has 1 N–H and O–H groups in total. The number of carbonyl (C=O) groups is 1. The smallest absolute Gasteiger partial charge is 0.318 e. The van der Waals surface area contributed by atoms with E-state index in [0.29, 0.717) is 19.4 Å². The third-order valence-corrected chi connectivity index (χ3v) is 2.59. The van der Waals surface area contributed by atoms with E-state index in [1.807, 2.05) is 20.8 Å². The summed E-state index contributed by atoms with van der Waals surface area (Å²) < 4.78 is 0. The topological polar surface area (TPSA) is 56.1 Å². The molecule has 4 heteroatoms. The number of nitrogens with one attached hydrogen (secondary N) is 1. The second-order valence-corrected chi connectivity index (χ2v) is 3.35. The maximum Gasteiger partial charge on any atom is 0.318 e. The molecular weight excluding hydrogens is 178 g/mol. The zero-order valence-electron chi connectivity index (χ0n) is 9.42. The molecule has 80 valence electrons. The Bertz CT molecular complexity index is 228. The molecule has 0 aliphatic carbocycles. The van der Waals surface area contributed by atoms with E-state index in [-0.39, 0.29) is 6.03 Å². The predicted molar refractivity (Wildman–Crippen MR) is 55.8 cm³/mol. The number of nitriles is 1. The fourth-order valence-electron chi connectivity index (χ4n) is 1.06. The number of hydrogen-bond acceptors (Lipinski definition) is 2. The van der Waals surface area contributed by atoms with Crippen LogP contribution in [-0.4, -0.2) is 30.1 Å². The van der Waals surface area contributed by atoms with E-state index in [0.717, 1.165) is 0 Å². The Hall–Kier alpha value is -1.24. The molecule has 0 heterocycles. The van der Waals surface area contributed by atoms with Crippen LogP contribution in [0.2, 0.25) is 0 Å². The second-order valence-electron chi connectivity index (χ2n) is 3.35. The SMILES string of the molecule is CCN(C)C(=O)NC(C#N)(CC)CC. The number of carbonyl (C=O) groups excluding carboxylic acids is 1. The molecule has 0 aliphatic heterocycles. The quantitative estimate of drug-likeness (QED) is 0.746. The van der Waals surface area contributed by atoms with Crippen molar-refractivity contribution in [3.63, 3.8) is 0 Å². The lowest BCUT2D eigenvalue weighted by Crippen LogP contribution is -2.51. The van der Waals surface area contributed by atoms with Gasteiger partial charge in [0, 0.05) is 13.6 Å². The molecular formula is C10H19N3O. The summed E-state index contributed by atoms with van der Waals surface area (Å²) >= 11 is 0. The molecule has 2 amide bonds. The van der Waals surface area contributed by atoms with E-state index >= 15 is 0 Å². The number of urea groups is 1. The van der Waals surface area contributed by atoms with Crippen molar-refractivity contribution in [3.05, 3.63) is 0 Å². The molecule has 0 atom stereocenters. The van der Waals surface area contributed by atoms with Crippen LogP contribution in [0.4, 0.5) is 4.79 Å². The Morgan fingerprint density at radius 1 is 1.43 bits per heavy atom. The summed E-state index contributed by atoms with van der Waals surface area (Å²) in [6.45, 7) is 6.34. The largest absolute Gasteiger partial charge is 0.328 e. The highest BCUT2D eigenvalue weighted by molar-refractivity contribution is 5.75. The molecule has 0 aromatic rings. The minimum atomic E-state index is -0.708. The molecule has 0 saturated heterocycles. The Morgan fingerprint density at radius 2 is 1.93 bits per heavy atom. The number of hydrogen-bond donors (Lipinski definition) is 1. The molecule has 0 fully saturated rings. The van der Waals surface area contributed by atoms with Crippen molar-refractivity contribution >= 4 is 6.03 Å². The maximum atomic E-state index is 11.5. The van der Waals surface area contributed by atoms with Gasteiger partial charge in [-0.25, -0.2) is 4.79 Å². The average Bonchev–Trinajstić information content (AvgIpc) is 2.24. The van der Waals surface area contributed by atoms with Gasteiger partial charge in [-0.3, -0.25) is 0 Å². The van der Waals surface area contributed by atoms with E-state index in [9.17, 15) is 4.79 Å². The normalized spacial score (nSPS) is 10.5. The van der Waals surface area contributed by atoms with Crippen molar-refractivity contribution in [2.45, 2.75) is 39.2 Å². The van der Waals surface area contributed by atoms with E-state index in [2.05, 4.69) is 11.4 Å². The molecule has 0 aliphatic rings. The van der Waals surface area contributed by atoms with Gasteiger partial charge in [-0.05, 0) is 19.8 Å². The standard InChI is InChI=1S/C10H19N3O/c1-5-10(6-2,8-11)12-9(14)13(4)7-3/h5-7H2,1-4H3,(H,12,14). The molecule has 0 spiro atoms. The van der Waals surface area contributed by atoms with Gasteiger partial charge in [0.15, 0.2) is 0 Å². The number of rotatable bonds is 4.